The Morgan fingerprint density at radius 1 is 1.12 bits per heavy atom. The van der Waals surface area contributed by atoms with Gasteiger partial charge in [0.15, 0.2) is 11.5 Å². The lowest BCUT2D eigenvalue weighted by atomic mass is 9.89. The number of hydrogen-bond donors (Lipinski definition) is 0. The van der Waals surface area contributed by atoms with Gasteiger partial charge in [0.05, 0.1) is 26.2 Å². The summed E-state index contributed by atoms with van der Waals surface area (Å²) in [5.41, 5.74) is 1.11. The van der Waals surface area contributed by atoms with Gasteiger partial charge in [-0.05, 0) is 37.0 Å². The summed E-state index contributed by atoms with van der Waals surface area (Å²) in [6.07, 6.45) is 1.60. The molecule has 1 aromatic rings. The molecule has 0 radical (unpaired) electrons. The Morgan fingerprint density at radius 2 is 1.88 bits per heavy atom. The van der Waals surface area contributed by atoms with Gasteiger partial charge >= 0.3 is 5.97 Å². The average Bonchev–Trinajstić information content (AvgIpc) is 2.58. The van der Waals surface area contributed by atoms with E-state index in [1.807, 2.05) is 32.0 Å². The highest BCUT2D eigenvalue weighted by atomic mass is 16.5. The summed E-state index contributed by atoms with van der Waals surface area (Å²) in [5, 5.41) is 0. The van der Waals surface area contributed by atoms with Crippen molar-refractivity contribution in [3.8, 4) is 11.5 Å². The van der Waals surface area contributed by atoms with E-state index in [1.165, 1.54) is 0 Å². The van der Waals surface area contributed by atoms with Crippen molar-refractivity contribution in [2.75, 3.05) is 34.0 Å². The number of rotatable bonds is 11. The van der Waals surface area contributed by atoms with Crippen molar-refractivity contribution in [2.24, 2.45) is 11.8 Å². The first-order chi connectivity index (χ1) is 11.5. The molecule has 0 aliphatic carbocycles. The first-order valence-electron chi connectivity index (χ1n) is 8.48. The Bertz CT molecular complexity index is 501. The molecule has 0 amide bonds. The van der Waals surface area contributed by atoms with Gasteiger partial charge in [0.1, 0.15) is 0 Å². The van der Waals surface area contributed by atoms with Crippen LogP contribution in [0.5, 0.6) is 11.5 Å². The van der Waals surface area contributed by atoms with Crippen molar-refractivity contribution in [1.29, 1.82) is 0 Å². The van der Waals surface area contributed by atoms with E-state index >= 15 is 0 Å². The SMILES string of the molecule is CCOC(=O)C(C)C(C)Cc1ccc(OC)c(OCCCOC)c1. The van der Waals surface area contributed by atoms with Crippen LogP contribution in [0.25, 0.3) is 0 Å². The third-order valence-electron chi connectivity index (χ3n) is 4.05. The van der Waals surface area contributed by atoms with Crippen LogP contribution in [-0.2, 0) is 20.7 Å². The smallest absolute Gasteiger partial charge is 0.308 e. The minimum absolute atomic E-state index is 0.141. The molecule has 2 unspecified atom stereocenters. The van der Waals surface area contributed by atoms with E-state index in [4.69, 9.17) is 18.9 Å². The Hall–Kier alpha value is -1.75. The zero-order chi connectivity index (χ0) is 17.9. The van der Waals surface area contributed by atoms with E-state index in [-0.39, 0.29) is 17.8 Å². The van der Waals surface area contributed by atoms with Gasteiger partial charge in [0, 0.05) is 20.1 Å². The molecule has 2 atom stereocenters. The van der Waals surface area contributed by atoms with Gasteiger partial charge in [-0.1, -0.05) is 19.9 Å². The highest BCUT2D eigenvalue weighted by Gasteiger charge is 2.22. The van der Waals surface area contributed by atoms with Crippen molar-refractivity contribution in [3.05, 3.63) is 23.8 Å². The molecule has 0 saturated carbocycles. The minimum atomic E-state index is -0.144. The molecule has 1 rings (SSSR count). The van der Waals surface area contributed by atoms with Gasteiger partial charge in [0.25, 0.3) is 0 Å². The molecule has 0 N–H and O–H groups in total. The Balaban J connectivity index is 2.72. The Morgan fingerprint density at radius 3 is 2.50 bits per heavy atom. The normalized spacial score (nSPS) is 13.2. The van der Waals surface area contributed by atoms with E-state index < -0.39 is 0 Å². The van der Waals surface area contributed by atoms with E-state index in [1.54, 1.807) is 14.2 Å². The van der Waals surface area contributed by atoms with Crippen LogP contribution >= 0.6 is 0 Å². The monoisotopic (exact) mass is 338 g/mol. The van der Waals surface area contributed by atoms with Gasteiger partial charge in [-0.15, -0.1) is 0 Å². The Labute approximate surface area is 145 Å². The lowest BCUT2D eigenvalue weighted by Gasteiger charge is -2.19. The van der Waals surface area contributed by atoms with E-state index in [0.717, 1.165) is 24.2 Å². The quantitative estimate of drug-likeness (QED) is 0.457. The van der Waals surface area contributed by atoms with Crippen LogP contribution in [0.15, 0.2) is 18.2 Å². The fourth-order valence-corrected chi connectivity index (χ4v) is 2.40. The van der Waals surface area contributed by atoms with Gasteiger partial charge in [-0.2, -0.15) is 0 Å². The van der Waals surface area contributed by atoms with Crippen LogP contribution in [0, 0.1) is 11.8 Å². The molecule has 0 heterocycles. The topological polar surface area (TPSA) is 54.0 Å². The zero-order valence-corrected chi connectivity index (χ0v) is 15.5. The van der Waals surface area contributed by atoms with Gasteiger partial charge in [0.2, 0.25) is 0 Å². The third kappa shape index (κ3) is 6.40. The van der Waals surface area contributed by atoms with Crippen molar-refractivity contribution in [2.45, 2.75) is 33.6 Å². The first-order valence-corrected chi connectivity index (χ1v) is 8.48. The maximum atomic E-state index is 11.9. The van der Waals surface area contributed by atoms with Crippen molar-refractivity contribution in [1.82, 2.24) is 0 Å². The largest absolute Gasteiger partial charge is 0.493 e. The van der Waals surface area contributed by atoms with Gasteiger partial charge in [-0.25, -0.2) is 0 Å². The van der Waals surface area contributed by atoms with E-state index in [2.05, 4.69) is 6.92 Å². The summed E-state index contributed by atoms with van der Waals surface area (Å²) in [7, 11) is 3.30. The molecule has 5 heteroatoms. The molecule has 136 valence electrons. The van der Waals surface area contributed by atoms with E-state index in [0.29, 0.717) is 25.6 Å². The predicted molar refractivity (Wildman–Crippen MR) is 93.6 cm³/mol. The number of methoxy groups -OCH3 is 2. The Kier molecular flexibility index (Phi) is 9.23. The zero-order valence-electron chi connectivity index (χ0n) is 15.5. The minimum Gasteiger partial charge on any atom is -0.493 e. The van der Waals surface area contributed by atoms with Crippen LogP contribution in [-0.4, -0.2) is 40.0 Å². The fraction of sp³-hybridized carbons (Fsp3) is 0.632. The molecule has 1 aromatic carbocycles. The molecule has 0 saturated heterocycles. The van der Waals surface area contributed by atoms with Crippen LogP contribution in [0.4, 0.5) is 0 Å². The highest BCUT2D eigenvalue weighted by molar-refractivity contribution is 5.72. The molecule has 0 aliphatic rings. The first kappa shape index (κ1) is 20.3. The third-order valence-corrected chi connectivity index (χ3v) is 4.05. The number of hydrogen-bond acceptors (Lipinski definition) is 5. The summed E-state index contributed by atoms with van der Waals surface area (Å²) in [6, 6.07) is 5.90. The second-order valence-corrected chi connectivity index (χ2v) is 5.90. The highest BCUT2D eigenvalue weighted by Crippen LogP contribution is 2.30. The maximum absolute atomic E-state index is 11.9. The van der Waals surface area contributed by atoms with Crippen molar-refractivity contribution < 1.29 is 23.7 Å². The average molecular weight is 338 g/mol. The molecular formula is C19H30O5. The summed E-state index contributed by atoms with van der Waals surface area (Å²) >= 11 is 0. The number of benzene rings is 1. The number of ether oxygens (including phenoxy) is 4. The second-order valence-electron chi connectivity index (χ2n) is 5.90. The maximum Gasteiger partial charge on any atom is 0.308 e. The van der Waals surface area contributed by atoms with E-state index in [9.17, 15) is 4.79 Å². The van der Waals surface area contributed by atoms with Crippen LogP contribution in [0.2, 0.25) is 0 Å². The summed E-state index contributed by atoms with van der Waals surface area (Å²) < 4.78 is 21.3. The lowest BCUT2D eigenvalue weighted by molar-refractivity contribution is -0.149. The van der Waals surface area contributed by atoms with Crippen molar-refractivity contribution in [3.63, 3.8) is 0 Å². The summed E-state index contributed by atoms with van der Waals surface area (Å²) in [5.74, 6) is 1.33. The molecule has 24 heavy (non-hydrogen) atoms. The molecule has 0 bridgehead atoms. The molecule has 0 aliphatic heterocycles. The molecule has 0 fully saturated rings. The number of carbonyl (C=O) groups excluding carboxylic acids is 1. The lowest BCUT2D eigenvalue weighted by Crippen LogP contribution is -2.22. The molecule has 0 spiro atoms. The predicted octanol–water partition coefficient (Wildman–Crippen LogP) is 3.49. The number of esters is 1. The van der Waals surface area contributed by atoms with Gasteiger partial charge < -0.3 is 18.9 Å². The molecular weight excluding hydrogens is 308 g/mol. The second kappa shape index (κ2) is 10.9. The molecule has 5 nitrogen and oxygen atoms in total. The standard InChI is InChI=1S/C19H30O5/c1-6-23-19(20)15(3)14(2)12-16-8-9-17(22-5)18(13-16)24-11-7-10-21-4/h8-9,13-15H,6-7,10-12H2,1-5H3. The summed E-state index contributed by atoms with van der Waals surface area (Å²) in [4.78, 5) is 11.9. The van der Waals surface area contributed by atoms with Gasteiger partial charge in [-0.3, -0.25) is 4.79 Å². The van der Waals surface area contributed by atoms with Crippen LogP contribution in [0.1, 0.15) is 32.8 Å². The van der Waals surface area contributed by atoms with Crippen molar-refractivity contribution >= 4 is 5.97 Å². The van der Waals surface area contributed by atoms with Crippen LogP contribution < -0.4 is 9.47 Å². The molecule has 0 aromatic heterocycles. The fourth-order valence-electron chi connectivity index (χ4n) is 2.40. The number of carbonyl (C=O) groups is 1. The van der Waals surface area contributed by atoms with Crippen LogP contribution in [0.3, 0.4) is 0 Å². The summed E-state index contributed by atoms with van der Waals surface area (Å²) in [6.45, 7) is 7.45.